The van der Waals surface area contributed by atoms with Crippen molar-refractivity contribution in [2.75, 3.05) is 36.5 Å². The fourth-order valence-electron chi connectivity index (χ4n) is 2.17. The highest BCUT2D eigenvalue weighted by Crippen LogP contribution is 2.21. The van der Waals surface area contributed by atoms with Crippen LogP contribution in [-0.2, 0) is 9.84 Å². The van der Waals surface area contributed by atoms with E-state index >= 15 is 0 Å². The zero-order valence-corrected chi connectivity index (χ0v) is 12.3. The molecule has 2 rings (SSSR count). The summed E-state index contributed by atoms with van der Waals surface area (Å²) in [6.07, 6.45) is 0. The van der Waals surface area contributed by atoms with Gasteiger partial charge < -0.3 is 10.0 Å². The monoisotopic (exact) mass is 312 g/mol. The van der Waals surface area contributed by atoms with Gasteiger partial charge in [0.1, 0.15) is 0 Å². The first-order valence-corrected chi connectivity index (χ1v) is 8.19. The van der Waals surface area contributed by atoms with Crippen LogP contribution in [-0.4, -0.2) is 62.1 Å². The number of rotatable bonds is 2. The van der Waals surface area contributed by atoms with E-state index in [2.05, 4.69) is 0 Å². The van der Waals surface area contributed by atoms with Crippen molar-refractivity contribution in [1.29, 1.82) is 0 Å². The van der Waals surface area contributed by atoms with Crippen LogP contribution >= 0.6 is 0 Å². The number of carboxylic acids is 1. The van der Waals surface area contributed by atoms with E-state index in [1.165, 1.54) is 22.9 Å². The van der Waals surface area contributed by atoms with E-state index in [1.54, 1.807) is 18.2 Å². The Hall–Kier alpha value is -2.09. The number of sulfone groups is 1. The first kappa shape index (κ1) is 15.3. The quantitative estimate of drug-likeness (QED) is 0.866. The van der Waals surface area contributed by atoms with Crippen molar-refractivity contribution in [2.24, 2.45) is 0 Å². The van der Waals surface area contributed by atoms with Gasteiger partial charge in [0.2, 0.25) is 0 Å². The van der Waals surface area contributed by atoms with Crippen LogP contribution in [0.2, 0.25) is 0 Å². The van der Waals surface area contributed by atoms with E-state index in [1.807, 2.05) is 0 Å². The molecule has 0 radical (unpaired) electrons. The van der Waals surface area contributed by atoms with Crippen LogP contribution in [0.3, 0.4) is 0 Å². The van der Waals surface area contributed by atoms with Crippen molar-refractivity contribution >= 4 is 27.5 Å². The van der Waals surface area contributed by atoms with Crippen LogP contribution in [0.15, 0.2) is 24.3 Å². The summed E-state index contributed by atoms with van der Waals surface area (Å²) in [6.45, 7) is 0.251. The second-order valence-corrected chi connectivity index (χ2v) is 7.11. The Morgan fingerprint density at radius 2 is 1.76 bits per heavy atom. The summed E-state index contributed by atoms with van der Waals surface area (Å²) in [5.41, 5.74) is 0.307. The molecule has 21 heavy (non-hydrogen) atoms. The van der Waals surface area contributed by atoms with E-state index in [4.69, 9.17) is 5.11 Å². The van der Waals surface area contributed by atoms with Crippen molar-refractivity contribution in [3.05, 3.63) is 29.8 Å². The van der Waals surface area contributed by atoms with Gasteiger partial charge in [-0.05, 0) is 12.1 Å². The summed E-state index contributed by atoms with van der Waals surface area (Å²) >= 11 is 0. The third kappa shape index (κ3) is 3.33. The number of nitrogens with zero attached hydrogens (tertiary/aromatic N) is 2. The number of carbonyl (C=O) groups excluding carboxylic acids is 1. The number of aromatic carboxylic acids is 1. The number of benzene rings is 1. The first-order chi connectivity index (χ1) is 9.82. The molecular formula is C13H16N2O5S. The number of hydrogen-bond acceptors (Lipinski definition) is 4. The Balaban J connectivity index is 2.19. The van der Waals surface area contributed by atoms with Crippen LogP contribution in [0.5, 0.6) is 0 Å². The Morgan fingerprint density at radius 1 is 1.19 bits per heavy atom. The number of urea groups is 1. The van der Waals surface area contributed by atoms with Gasteiger partial charge in [-0.3, -0.25) is 4.90 Å². The van der Waals surface area contributed by atoms with Crippen molar-refractivity contribution < 1.29 is 23.1 Å². The molecule has 1 aliphatic heterocycles. The summed E-state index contributed by atoms with van der Waals surface area (Å²) in [7, 11) is -1.59. The Bertz CT molecular complexity index is 657. The van der Waals surface area contributed by atoms with Crippen LogP contribution < -0.4 is 4.90 Å². The molecule has 1 aromatic carbocycles. The lowest BCUT2D eigenvalue weighted by Crippen LogP contribution is -2.49. The number of anilines is 1. The van der Waals surface area contributed by atoms with Gasteiger partial charge in [-0.15, -0.1) is 0 Å². The van der Waals surface area contributed by atoms with Gasteiger partial charge in [0.15, 0.2) is 9.84 Å². The van der Waals surface area contributed by atoms with Crippen molar-refractivity contribution in [3.8, 4) is 0 Å². The lowest BCUT2D eigenvalue weighted by molar-refractivity contribution is 0.0697. The molecule has 114 valence electrons. The van der Waals surface area contributed by atoms with Crippen molar-refractivity contribution in [1.82, 2.24) is 4.90 Å². The van der Waals surface area contributed by atoms with Crippen LogP contribution in [0, 0.1) is 0 Å². The summed E-state index contributed by atoms with van der Waals surface area (Å²) in [5, 5.41) is 9.14. The summed E-state index contributed by atoms with van der Waals surface area (Å²) in [6, 6.07) is 5.79. The second kappa shape index (κ2) is 5.72. The predicted molar refractivity (Wildman–Crippen MR) is 77.4 cm³/mol. The molecule has 1 aliphatic rings. The molecule has 1 fully saturated rings. The maximum atomic E-state index is 12.3. The van der Waals surface area contributed by atoms with E-state index in [9.17, 15) is 18.0 Å². The number of hydrogen-bond donors (Lipinski definition) is 1. The molecular weight excluding hydrogens is 296 g/mol. The molecule has 0 saturated carbocycles. The van der Waals surface area contributed by atoms with E-state index in [0.717, 1.165) is 0 Å². The minimum atomic E-state index is -3.07. The minimum Gasteiger partial charge on any atom is -0.478 e. The topological polar surface area (TPSA) is 95.0 Å². The maximum absolute atomic E-state index is 12.3. The van der Waals surface area contributed by atoms with Crippen molar-refractivity contribution in [2.45, 2.75) is 0 Å². The highest BCUT2D eigenvalue weighted by atomic mass is 32.2. The molecule has 1 aromatic rings. The van der Waals surface area contributed by atoms with Gasteiger partial charge in [-0.2, -0.15) is 0 Å². The van der Waals surface area contributed by atoms with Gasteiger partial charge in [-0.1, -0.05) is 12.1 Å². The van der Waals surface area contributed by atoms with E-state index < -0.39 is 21.8 Å². The predicted octanol–water partition coefficient (Wildman–Crippen LogP) is 0.671. The lowest BCUT2D eigenvalue weighted by atomic mass is 10.1. The fraction of sp³-hybridized carbons (Fsp3) is 0.385. The maximum Gasteiger partial charge on any atom is 0.337 e. The van der Waals surface area contributed by atoms with Crippen LogP contribution in [0.1, 0.15) is 10.4 Å². The molecule has 0 bridgehead atoms. The average molecular weight is 312 g/mol. The van der Waals surface area contributed by atoms with Crippen molar-refractivity contribution in [3.63, 3.8) is 0 Å². The Labute approximate surface area is 122 Å². The Kier molecular flexibility index (Phi) is 4.17. The highest BCUT2D eigenvalue weighted by molar-refractivity contribution is 7.91. The third-order valence-corrected chi connectivity index (χ3v) is 5.01. The average Bonchev–Trinajstić information content (AvgIpc) is 2.45. The number of amides is 2. The number of carboxylic acid groups (broad SMARTS) is 1. The first-order valence-electron chi connectivity index (χ1n) is 6.37. The van der Waals surface area contributed by atoms with Gasteiger partial charge in [-0.25, -0.2) is 18.0 Å². The summed E-state index contributed by atoms with van der Waals surface area (Å²) < 4.78 is 22.7. The highest BCUT2D eigenvalue weighted by Gasteiger charge is 2.28. The molecule has 0 atom stereocenters. The van der Waals surface area contributed by atoms with Gasteiger partial charge in [0.05, 0.1) is 22.8 Å². The molecule has 0 unspecified atom stereocenters. The zero-order valence-electron chi connectivity index (χ0n) is 11.5. The fourth-order valence-corrected chi connectivity index (χ4v) is 3.37. The standard InChI is InChI=1S/C13H16N2O5S/c1-14(11-5-3-2-4-10(11)12(16)17)13(18)15-6-8-21(19,20)9-7-15/h2-5H,6-9H2,1H3,(H,16,17). The molecule has 2 amide bonds. The molecule has 1 heterocycles. The molecule has 0 aliphatic carbocycles. The molecule has 0 spiro atoms. The number of para-hydroxylation sites is 1. The van der Waals surface area contributed by atoms with Gasteiger partial charge in [0, 0.05) is 20.1 Å². The van der Waals surface area contributed by atoms with Gasteiger partial charge >= 0.3 is 12.0 Å². The summed E-state index contributed by atoms with van der Waals surface area (Å²) in [5.74, 6) is -1.24. The smallest absolute Gasteiger partial charge is 0.337 e. The molecule has 1 saturated heterocycles. The third-order valence-electron chi connectivity index (χ3n) is 3.40. The van der Waals surface area contributed by atoms with Crippen LogP contribution in [0.25, 0.3) is 0 Å². The SMILES string of the molecule is CN(C(=O)N1CCS(=O)(=O)CC1)c1ccccc1C(=O)O. The molecule has 0 aromatic heterocycles. The molecule has 8 heteroatoms. The Morgan fingerprint density at radius 3 is 2.33 bits per heavy atom. The van der Waals surface area contributed by atoms with E-state index in [0.29, 0.717) is 0 Å². The lowest BCUT2D eigenvalue weighted by Gasteiger charge is -2.31. The largest absolute Gasteiger partial charge is 0.478 e. The van der Waals surface area contributed by atoms with E-state index in [-0.39, 0.29) is 35.8 Å². The minimum absolute atomic E-state index is 0.0259. The second-order valence-electron chi connectivity index (χ2n) is 4.80. The molecule has 7 nitrogen and oxygen atoms in total. The normalized spacial score (nSPS) is 17.3. The summed E-state index contributed by atoms with van der Waals surface area (Å²) in [4.78, 5) is 26.2. The van der Waals surface area contributed by atoms with Gasteiger partial charge in [0.25, 0.3) is 0 Å². The molecule has 1 N–H and O–H groups in total. The van der Waals surface area contributed by atoms with Crippen LogP contribution in [0.4, 0.5) is 10.5 Å². The zero-order chi connectivity index (χ0) is 15.6. The number of carbonyl (C=O) groups is 2.